The van der Waals surface area contributed by atoms with E-state index in [4.69, 9.17) is 27.9 Å². The van der Waals surface area contributed by atoms with Crippen LogP contribution in [0.25, 0.3) is 6.08 Å². The van der Waals surface area contributed by atoms with E-state index in [1.54, 1.807) is 24.3 Å². The molecule has 0 radical (unpaired) electrons. The fraction of sp³-hybridized carbons (Fsp3) is 0.0625. The summed E-state index contributed by atoms with van der Waals surface area (Å²) in [6, 6.07) is 14.7. The zero-order valence-electron chi connectivity index (χ0n) is 10.6. The summed E-state index contributed by atoms with van der Waals surface area (Å²) in [5.41, 5.74) is 1.74. The summed E-state index contributed by atoms with van der Waals surface area (Å²) in [7, 11) is 0. The van der Waals surface area contributed by atoms with Crippen molar-refractivity contribution in [1.29, 1.82) is 0 Å². The Bertz CT molecular complexity index is 622. The molecule has 0 aromatic heterocycles. The van der Waals surface area contributed by atoms with Gasteiger partial charge >= 0.3 is 5.97 Å². The molecule has 0 spiro atoms. The quantitative estimate of drug-likeness (QED) is 0.602. The van der Waals surface area contributed by atoms with Gasteiger partial charge in [0.1, 0.15) is 6.61 Å². The highest BCUT2D eigenvalue weighted by Gasteiger charge is 2.02. The van der Waals surface area contributed by atoms with Crippen LogP contribution in [0.3, 0.4) is 0 Å². The first-order valence-corrected chi connectivity index (χ1v) is 6.74. The molecule has 0 aliphatic rings. The van der Waals surface area contributed by atoms with E-state index in [1.165, 1.54) is 6.08 Å². The van der Waals surface area contributed by atoms with Crippen LogP contribution in [-0.4, -0.2) is 5.97 Å². The van der Waals surface area contributed by atoms with Gasteiger partial charge in [0.25, 0.3) is 0 Å². The average molecular weight is 307 g/mol. The van der Waals surface area contributed by atoms with Gasteiger partial charge in [-0.2, -0.15) is 0 Å². The zero-order chi connectivity index (χ0) is 14.4. The number of halogens is 2. The van der Waals surface area contributed by atoms with Crippen molar-refractivity contribution in [2.75, 3.05) is 0 Å². The van der Waals surface area contributed by atoms with E-state index >= 15 is 0 Å². The predicted octanol–water partition coefficient (Wildman–Crippen LogP) is 4.75. The van der Waals surface area contributed by atoms with Gasteiger partial charge in [-0.1, -0.05) is 59.6 Å². The summed E-state index contributed by atoms with van der Waals surface area (Å²) in [6.45, 7) is 0.162. The van der Waals surface area contributed by atoms with Gasteiger partial charge in [0, 0.05) is 6.08 Å². The maximum Gasteiger partial charge on any atom is 0.331 e. The number of benzene rings is 2. The van der Waals surface area contributed by atoms with Crippen LogP contribution >= 0.6 is 23.2 Å². The summed E-state index contributed by atoms with van der Waals surface area (Å²) in [6.07, 6.45) is 3.10. The molecular formula is C16H12Cl2O2. The van der Waals surface area contributed by atoms with Crippen LogP contribution in [0.15, 0.2) is 54.6 Å². The van der Waals surface area contributed by atoms with Crippen LogP contribution in [0.4, 0.5) is 0 Å². The van der Waals surface area contributed by atoms with Gasteiger partial charge in [-0.05, 0) is 29.3 Å². The third kappa shape index (κ3) is 4.41. The van der Waals surface area contributed by atoms with Crippen molar-refractivity contribution in [1.82, 2.24) is 0 Å². The Morgan fingerprint density at radius 1 is 1.05 bits per heavy atom. The fourth-order valence-corrected chi connectivity index (χ4v) is 1.88. The van der Waals surface area contributed by atoms with E-state index in [0.29, 0.717) is 10.0 Å². The van der Waals surface area contributed by atoms with Crippen molar-refractivity contribution >= 4 is 35.2 Å². The second-order valence-corrected chi connectivity index (χ2v) is 4.91. The molecule has 0 N–H and O–H groups in total. The Morgan fingerprint density at radius 2 is 1.80 bits per heavy atom. The molecule has 0 aliphatic carbocycles. The highest BCUT2D eigenvalue weighted by atomic mass is 35.5. The molecule has 20 heavy (non-hydrogen) atoms. The fourth-order valence-electron chi connectivity index (χ4n) is 1.56. The van der Waals surface area contributed by atoms with Crippen LogP contribution in [0.1, 0.15) is 11.1 Å². The lowest BCUT2D eigenvalue weighted by molar-refractivity contribution is -0.138. The normalized spacial score (nSPS) is 10.7. The average Bonchev–Trinajstić information content (AvgIpc) is 2.47. The maximum absolute atomic E-state index is 11.6. The Labute approximate surface area is 127 Å². The van der Waals surface area contributed by atoms with Gasteiger partial charge in [-0.25, -0.2) is 4.79 Å². The molecule has 4 heteroatoms. The molecule has 0 heterocycles. The molecule has 2 aromatic carbocycles. The van der Waals surface area contributed by atoms with Crippen molar-refractivity contribution in [3.05, 3.63) is 75.8 Å². The SMILES string of the molecule is O=C(/C=C/c1ccccc1)OCc1ccc(Cl)c(Cl)c1. The standard InChI is InChI=1S/C16H12Cl2O2/c17-14-8-6-13(10-15(14)18)11-20-16(19)9-7-12-4-2-1-3-5-12/h1-10H,11H2/b9-7+. The summed E-state index contributed by atoms with van der Waals surface area (Å²) in [5, 5.41) is 0.922. The van der Waals surface area contributed by atoms with Crippen molar-refractivity contribution in [2.24, 2.45) is 0 Å². The van der Waals surface area contributed by atoms with Gasteiger partial charge in [0.2, 0.25) is 0 Å². The third-order valence-corrected chi connectivity index (χ3v) is 3.32. The predicted molar refractivity (Wildman–Crippen MR) is 81.7 cm³/mol. The van der Waals surface area contributed by atoms with Crippen molar-refractivity contribution in [3.8, 4) is 0 Å². The van der Waals surface area contributed by atoms with Crippen LogP contribution in [0.2, 0.25) is 10.0 Å². The van der Waals surface area contributed by atoms with Crippen LogP contribution in [-0.2, 0) is 16.1 Å². The van der Waals surface area contributed by atoms with E-state index in [2.05, 4.69) is 0 Å². The lowest BCUT2D eigenvalue weighted by Gasteiger charge is -2.03. The maximum atomic E-state index is 11.6. The second-order valence-electron chi connectivity index (χ2n) is 4.10. The summed E-state index contributed by atoms with van der Waals surface area (Å²) in [4.78, 5) is 11.6. The van der Waals surface area contributed by atoms with Crippen molar-refractivity contribution in [3.63, 3.8) is 0 Å². The van der Waals surface area contributed by atoms with Gasteiger partial charge < -0.3 is 4.74 Å². The van der Waals surface area contributed by atoms with Crippen LogP contribution in [0.5, 0.6) is 0 Å². The summed E-state index contributed by atoms with van der Waals surface area (Å²) < 4.78 is 5.12. The number of rotatable bonds is 4. The molecule has 2 rings (SSSR count). The number of carbonyl (C=O) groups is 1. The smallest absolute Gasteiger partial charge is 0.331 e. The summed E-state index contributed by atoms with van der Waals surface area (Å²) >= 11 is 11.7. The number of carbonyl (C=O) groups excluding carboxylic acids is 1. The van der Waals surface area contributed by atoms with E-state index in [1.807, 2.05) is 30.3 Å². The molecule has 0 unspecified atom stereocenters. The van der Waals surface area contributed by atoms with E-state index in [-0.39, 0.29) is 6.61 Å². The first-order valence-electron chi connectivity index (χ1n) is 5.99. The minimum atomic E-state index is -0.403. The number of hydrogen-bond donors (Lipinski definition) is 0. The monoisotopic (exact) mass is 306 g/mol. The first-order chi connectivity index (χ1) is 9.65. The first kappa shape index (κ1) is 14.6. The van der Waals surface area contributed by atoms with E-state index in [9.17, 15) is 4.79 Å². The molecule has 0 saturated heterocycles. The van der Waals surface area contributed by atoms with Crippen LogP contribution < -0.4 is 0 Å². The van der Waals surface area contributed by atoms with E-state index in [0.717, 1.165) is 11.1 Å². The molecule has 2 nitrogen and oxygen atoms in total. The van der Waals surface area contributed by atoms with Gasteiger partial charge in [-0.3, -0.25) is 0 Å². The lowest BCUT2D eigenvalue weighted by Crippen LogP contribution is -2.00. The minimum absolute atomic E-state index is 0.162. The third-order valence-electron chi connectivity index (χ3n) is 2.58. The van der Waals surface area contributed by atoms with Gasteiger partial charge in [-0.15, -0.1) is 0 Å². The molecule has 102 valence electrons. The zero-order valence-corrected chi connectivity index (χ0v) is 12.1. The molecule has 0 amide bonds. The van der Waals surface area contributed by atoms with Gasteiger partial charge in [0.15, 0.2) is 0 Å². The molecular weight excluding hydrogens is 295 g/mol. The van der Waals surface area contributed by atoms with Crippen molar-refractivity contribution in [2.45, 2.75) is 6.61 Å². The Balaban J connectivity index is 1.89. The highest BCUT2D eigenvalue weighted by Crippen LogP contribution is 2.22. The number of esters is 1. The molecule has 0 bridgehead atoms. The summed E-state index contributed by atoms with van der Waals surface area (Å²) in [5.74, 6) is -0.403. The Kier molecular flexibility index (Phi) is 5.22. The molecule has 0 atom stereocenters. The van der Waals surface area contributed by atoms with E-state index < -0.39 is 5.97 Å². The Hall–Kier alpha value is -1.77. The number of ether oxygens (including phenoxy) is 1. The Morgan fingerprint density at radius 3 is 2.50 bits per heavy atom. The second kappa shape index (κ2) is 7.13. The van der Waals surface area contributed by atoms with Crippen molar-refractivity contribution < 1.29 is 9.53 Å². The minimum Gasteiger partial charge on any atom is -0.458 e. The number of hydrogen-bond acceptors (Lipinski definition) is 2. The molecule has 0 fully saturated rings. The largest absolute Gasteiger partial charge is 0.458 e. The molecule has 0 saturated carbocycles. The highest BCUT2D eigenvalue weighted by molar-refractivity contribution is 6.42. The molecule has 0 aliphatic heterocycles. The molecule has 2 aromatic rings. The van der Waals surface area contributed by atoms with Crippen LogP contribution in [0, 0.1) is 0 Å². The topological polar surface area (TPSA) is 26.3 Å². The van der Waals surface area contributed by atoms with Gasteiger partial charge in [0.05, 0.1) is 10.0 Å². The lowest BCUT2D eigenvalue weighted by atomic mass is 10.2.